The Hall–Kier alpha value is -3.10. The van der Waals surface area contributed by atoms with Crippen molar-refractivity contribution in [3.63, 3.8) is 0 Å². The van der Waals surface area contributed by atoms with Crippen LogP contribution in [0.4, 0.5) is 4.79 Å². The van der Waals surface area contributed by atoms with E-state index in [9.17, 15) is 4.79 Å². The van der Waals surface area contributed by atoms with Crippen LogP contribution in [0.25, 0.3) is 5.82 Å². The van der Waals surface area contributed by atoms with Crippen LogP contribution in [0.5, 0.6) is 0 Å². The molecule has 2 aromatic heterocycles. The Morgan fingerprint density at radius 1 is 1.21 bits per heavy atom. The molecule has 0 radical (unpaired) electrons. The lowest BCUT2D eigenvalue weighted by molar-refractivity contribution is 0.0186. The lowest BCUT2D eigenvalue weighted by Crippen LogP contribution is -2.53. The van der Waals surface area contributed by atoms with Crippen LogP contribution in [0.1, 0.15) is 26.3 Å². The van der Waals surface area contributed by atoms with E-state index >= 15 is 0 Å². The molecule has 0 saturated carbocycles. The summed E-state index contributed by atoms with van der Waals surface area (Å²) in [6.07, 6.45) is 6.71. The van der Waals surface area contributed by atoms with Gasteiger partial charge in [0, 0.05) is 44.8 Å². The van der Waals surface area contributed by atoms with E-state index in [-0.39, 0.29) is 6.09 Å². The number of rotatable bonds is 3. The molecule has 0 aromatic carbocycles. The maximum Gasteiger partial charge on any atom is 0.410 e. The second-order valence-corrected chi connectivity index (χ2v) is 7.62. The summed E-state index contributed by atoms with van der Waals surface area (Å²) in [7, 11) is 0. The highest BCUT2D eigenvalue weighted by atomic mass is 16.6. The molecule has 1 aliphatic heterocycles. The Kier molecular flexibility index (Phi) is 5.81. The van der Waals surface area contributed by atoms with Crippen molar-refractivity contribution in [2.75, 3.05) is 26.2 Å². The Balaban J connectivity index is 1.54. The molecular formula is C19H27N7O2. The third-order valence-corrected chi connectivity index (χ3v) is 4.26. The van der Waals surface area contributed by atoms with Crippen molar-refractivity contribution in [2.45, 2.75) is 32.9 Å². The SMILES string of the molecule is CC(C)(C)OC(=O)N1CCN(C(N)=NCc2ccnc(-n3ccnc3)c2)CC1. The van der Waals surface area contributed by atoms with Crippen LogP contribution in [0.2, 0.25) is 0 Å². The Morgan fingerprint density at radius 3 is 2.57 bits per heavy atom. The van der Waals surface area contributed by atoms with E-state index in [1.54, 1.807) is 23.6 Å². The van der Waals surface area contributed by atoms with Gasteiger partial charge in [-0.3, -0.25) is 4.57 Å². The van der Waals surface area contributed by atoms with Crippen LogP contribution in [0, 0.1) is 0 Å². The number of nitrogens with zero attached hydrogens (tertiary/aromatic N) is 6. The average molecular weight is 385 g/mol. The number of hydrogen-bond donors (Lipinski definition) is 1. The van der Waals surface area contributed by atoms with Crippen LogP contribution in [0.15, 0.2) is 42.0 Å². The van der Waals surface area contributed by atoms with Gasteiger partial charge >= 0.3 is 6.09 Å². The van der Waals surface area contributed by atoms with Gasteiger partial charge in [0.05, 0.1) is 6.54 Å². The van der Waals surface area contributed by atoms with E-state index in [0.29, 0.717) is 38.7 Å². The smallest absolute Gasteiger partial charge is 0.410 e. The Labute approximate surface area is 164 Å². The molecule has 1 saturated heterocycles. The second kappa shape index (κ2) is 8.28. The van der Waals surface area contributed by atoms with Crippen LogP contribution < -0.4 is 5.73 Å². The normalized spacial score (nSPS) is 15.6. The number of nitrogens with two attached hydrogens (primary N) is 1. The summed E-state index contributed by atoms with van der Waals surface area (Å²) < 4.78 is 7.25. The molecule has 0 aliphatic carbocycles. The number of amides is 1. The zero-order valence-corrected chi connectivity index (χ0v) is 16.6. The number of hydrogen-bond acceptors (Lipinski definition) is 5. The highest BCUT2D eigenvalue weighted by Crippen LogP contribution is 2.12. The van der Waals surface area contributed by atoms with Crippen LogP contribution >= 0.6 is 0 Å². The first-order chi connectivity index (χ1) is 13.3. The van der Waals surface area contributed by atoms with E-state index in [1.165, 1.54) is 0 Å². The van der Waals surface area contributed by atoms with Crippen molar-refractivity contribution < 1.29 is 9.53 Å². The predicted octanol–water partition coefficient (Wildman–Crippen LogP) is 1.63. The number of guanidine groups is 1. The molecule has 3 heterocycles. The van der Waals surface area contributed by atoms with E-state index < -0.39 is 5.60 Å². The van der Waals surface area contributed by atoms with E-state index in [2.05, 4.69) is 15.0 Å². The minimum Gasteiger partial charge on any atom is -0.444 e. The van der Waals surface area contributed by atoms with Crippen molar-refractivity contribution in [2.24, 2.45) is 10.7 Å². The number of carbonyl (C=O) groups excluding carboxylic acids is 1. The molecular weight excluding hydrogens is 358 g/mol. The second-order valence-electron chi connectivity index (χ2n) is 7.62. The van der Waals surface area contributed by atoms with Gasteiger partial charge in [-0.25, -0.2) is 19.8 Å². The summed E-state index contributed by atoms with van der Waals surface area (Å²) in [6, 6.07) is 3.87. The van der Waals surface area contributed by atoms with Crippen molar-refractivity contribution in [1.29, 1.82) is 0 Å². The summed E-state index contributed by atoms with van der Waals surface area (Å²) >= 11 is 0. The first kappa shape index (κ1) is 19.7. The Morgan fingerprint density at radius 2 is 1.93 bits per heavy atom. The van der Waals surface area contributed by atoms with Gasteiger partial charge < -0.3 is 20.3 Å². The lowest BCUT2D eigenvalue weighted by Gasteiger charge is -2.36. The molecule has 1 aliphatic rings. The molecule has 9 nitrogen and oxygen atoms in total. The molecule has 0 bridgehead atoms. The molecule has 0 spiro atoms. The van der Waals surface area contributed by atoms with Crippen molar-refractivity contribution in [3.8, 4) is 5.82 Å². The first-order valence-electron chi connectivity index (χ1n) is 9.28. The standard InChI is InChI=1S/C19H27N7O2/c1-19(2,3)28-18(27)25-10-8-24(9-11-25)17(20)23-13-15-4-5-22-16(12-15)26-7-6-21-14-26/h4-7,12,14H,8-11,13H2,1-3H3,(H2,20,23). The van der Waals surface area contributed by atoms with Gasteiger partial charge in [0.1, 0.15) is 17.7 Å². The molecule has 150 valence electrons. The highest BCUT2D eigenvalue weighted by molar-refractivity contribution is 5.78. The van der Waals surface area contributed by atoms with Gasteiger partial charge in [-0.15, -0.1) is 0 Å². The monoisotopic (exact) mass is 385 g/mol. The average Bonchev–Trinajstić information content (AvgIpc) is 3.20. The quantitative estimate of drug-likeness (QED) is 0.636. The maximum absolute atomic E-state index is 12.1. The minimum atomic E-state index is -0.491. The fourth-order valence-corrected chi connectivity index (χ4v) is 2.81. The number of piperazine rings is 1. The van der Waals surface area contributed by atoms with Crippen LogP contribution in [0.3, 0.4) is 0 Å². The van der Waals surface area contributed by atoms with Gasteiger partial charge in [-0.2, -0.15) is 0 Å². The molecule has 1 fully saturated rings. The number of aromatic nitrogens is 3. The zero-order chi connectivity index (χ0) is 20.1. The van der Waals surface area contributed by atoms with Crippen molar-refractivity contribution in [3.05, 3.63) is 42.6 Å². The number of imidazole rings is 1. The predicted molar refractivity (Wildman–Crippen MR) is 106 cm³/mol. The third-order valence-electron chi connectivity index (χ3n) is 4.26. The zero-order valence-electron chi connectivity index (χ0n) is 16.6. The molecule has 2 N–H and O–H groups in total. The summed E-state index contributed by atoms with van der Waals surface area (Å²) in [6.45, 7) is 8.43. The fourth-order valence-electron chi connectivity index (χ4n) is 2.81. The largest absolute Gasteiger partial charge is 0.444 e. The van der Waals surface area contributed by atoms with Crippen LogP contribution in [-0.2, 0) is 11.3 Å². The molecule has 28 heavy (non-hydrogen) atoms. The topological polar surface area (TPSA) is 102 Å². The van der Waals surface area contributed by atoms with Gasteiger partial charge in [0.2, 0.25) is 0 Å². The number of pyridine rings is 1. The summed E-state index contributed by atoms with van der Waals surface area (Å²) in [4.78, 5) is 28.7. The summed E-state index contributed by atoms with van der Waals surface area (Å²) in [5, 5.41) is 0. The van der Waals surface area contributed by atoms with Gasteiger partial charge in [0.25, 0.3) is 0 Å². The van der Waals surface area contributed by atoms with Gasteiger partial charge in [-0.1, -0.05) is 0 Å². The third kappa shape index (κ3) is 5.21. The molecule has 3 rings (SSSR count). The van der Waals surface area contributed by atoms with Crippen LogP contribution in [-0.4, -0.2) is 68.2 Å². The molecule has 2 aromatic rings. The molecule has 0 unspecified atom stereocenters. The maximum atomic E-state index is 12.1. The number of carbonyl (C=O) groups is 1. The number of ether oxygens (including phenoxy) is 1. The van der Waals surface area contributed by atoms with Crippen molar-refractivity contribution >= 4 is 12.1 Å². The molecule has 1 amide bonds. The fraction of sp³-hybridized carbons (Fsp3) is 0.474. The van der Waals surface area contributed by atoms with Crippen molar-refractivity contribution in [1.82, 2.24) is 24.3 Å². The van der Waals surface area contributed by atoms with E-state index in [4.69, 9.17) is 10.5 Å². The van der Waals surface area contributed by atoms with Gasteiger partial charge in [0.15, 0.2) is 5.96 Å². The Bertz CT molecular complexity index is 819. The lowest BCUT2D eigenvalue weighted by atomic mass is 10.2. The summed E-state index contributed by atoms with van der Waals surface area (Å²) in [5.41, 5.74) is 6.68. The molecule has 0 atom stereocenters. The number of aliphatic imine (C=N–C) groups is 1. The van der Waals surface area contributed by atoms with E-state index in [0.717, 1.165) is 11.4 Å². The van der Waals surface area contributed by atoms with E-state index in [1.807, 2.05) is 48.6 Å². The highest BCUT2D eigenvalue weighted by Gasteiger charge is 2.26. The van der Waals surface area contributed by atoms with Gasteiger partial charge in [-0.05, 0) is 38.5 Å². The first-order valence-corrected chi connectivity index (χ1v) is 9.28. The molecule has 9 heteroatoms. The minimum absolute atomic E-state index is 0.286. The summed E-state index contributed by atoms with van der Waals surface area (Å²) in [5.74, 6) is 1.26.